The van der Waals surface area contributed by atoms with Crippen molar-refractivity contribution in [1.29, 1.82) is 0 Å². The molecular weight excluding hydrogens is 592 g/mol. The molecule has 0 radical (unpaired) electrons. The third kappa shape index (κ3) is 5.83. The molecule has 0 fully saturated rings. The molecule has 44 heavy (non-hydrogen) atoms. The van der Waals surface area contributed by atoms with E-state index in [2.05, 4.69) is 4.99 Å². The van der Waals surface area contributed by atoms with Crippen LogP contribution in [0.15, 0.2) is 87.8 Å². The van der Waals surface area contributed by atoms with Gasteiger partial charge >= 0.3 is 11.7 Å². The lowest BCUT2D eigenvalue weighted by atomic mass is 9.96. The van der Waals surface area contributed by atoms with Gasteiger partial charge in [0.1, 0.15) is 11.5 Å². The van der Waals surface area contributed by atoms with Gasteiger partial charge in [0.05, 0.1) is 51.5 Å². The number of carbonyl (C=O) groups excluding carboxylic acids is 1. The molecule has 5 rings (SSSR count). The number of hydrogen-bond donors (Lipinski definition) is 0. The van der Waals surface area contributed by atoms with Crippen LogP contribution in [0, 0.1) is 20.2 Å². The van der Waals surface area contributed by atoms with Crippen LogP contribution >= 0.6 is 11.3 Å². The summed E-state index contributed by atoms with van der Waals surface area (Å²) in [6.07, 6.45) is 1.62. The minimum atomic E-state index is -0.796. The first-order valence-electron chi connectivity index (χ1n) is 13.2. The summed E-state index contributed by atoms with van der Waals surface area (Å²) in [6.45, 7) is 3.54. The van der Waals surface area contributed by atoms with Gasteiger partial charge in [-0.05, 0) is 61.4 Å². The van der Waals surface area contributed by atoms with Gasteiger partial charge in [-0.15, -0.1) is 0 Å². The number of carbonyl (C=O) groups is 1. The molecule has 1 aromatic heterocycles. The number of nitro benzene ring substituents is 2. The van der Waals surface area contributed by atoms with Gasteiger partial charge in [-0.3, -0.25) is 29.6 Å². The molecule has 0 spiro atoms. The molecule has 3 aromatic carbocycles. The Hall–Kier alpha value is -5.63. The van der Waals surface area contributed by atoms with Crippen LogP contribution < -0.4 is 24.4 Å². The van der Waals surface area contributed by atoms with Gasteiger partial charge in [-0.2, -0.15) is 0 Å². The van der Waals surface area contributed by atoms with E-state index in [1.807, 2.05) is 0 Å². The summed E-state index contributed by atoms with van der Waals surface area (Å²) >= 11 is 1.14. The zero-order valence-corrected chi connectivity index (χ0v) is 24.4. The van der Waals surface area contributed by atoms with Crippen LogP contribution in [0.25, 0.3) is 6.08 Å². The molecule has 1 aliphatic rings. The largest absolute Gasteiger partial charge is 0.497 e. The van der Waals surface area contributed by atoms with Crippen molar-refractivity contribution in [2.24, 2.45) is 4.99 Å². The standard InChI is InChI=1S/C30H24N4O9S/c1-4-42-29(36)26-17(2)31-30-32(27(26)19-8-11-21(41-3)12-9-19)28(35)25(44-30)15-18-6-5-7-22(14-18)43-24-13-10-20(33(37)38)16-23(24)34(39)40/h5-16,27H,4H2,1-3H3/b25-15-/t27-/m1/s1. The van der Waals surface area contributed by atoms with Crippen molar-refractivity contribution in [3.05, 3.63) is 129 Å². The van der Waals surface area contributed by atoms with Gasteiger partial charge in [0.25, 0.3) is 11.2 Å². The minimum absolute atomic E-state index is 0.150. The highest BCUT2D eigenvalue weighted by atomic mass is 32.1. The van der Waals surface area contributed by atoms with Crippen molar-refractivity contribution < 1.29 is 28.9 Å². The number of ether oxygens (including phenoxy) is 3. The van der Waals surface area contributed by atoms with Crippen molar-refractivity contribution in [1.82, 2.24) is 4.57 Å². The number of aromatic nitrogens is 1. The first-order chi connectivity index (χ1) is 21.1. The Bertz CT molecular complexity index is 2010. The van der Waals surface area contributed by atoms with E-state index < -0.39 is 33.2 Å². The number of fused-ring (bicyclic) bond motifs is 1. The quantitative estimate of drug-likeness (QED) is 0.150. The number of nitrogens with zero attached hydrogens (tertiary/aromatic N) is 4. The van der Waals surface area contributed by atoms with E-state index >= 15 is 0 Å². The summed E-state index contributed by atoms with van der Waals surface area (Å²) in [6, 6.07) is 15.8. The third-order valence-electron chi connectivity index (χ3n) is 6.68. The van der Waals surface area contributed by atoms with E-state index in [0.717, 1.165) is 29.5 Å². The molecule has 14 heteroatoms. The molecule has 13 nitrogen and oxygen atoms in total. The fourth-order valence-electron chi connectivity index (χ4n) is 4.69. The Morgan fingerprint density at radius 3 is 2.45 bits per heavy atom. The first-order valence-corrected chi connectivity index (χ1v) is 14.0. The SMILES string of the molecule is CCOC(=O)C1=C(C)N=c2s/c(=C\c3cccc(Oc4ccc([N+](=O)[O-])cc4[N+](=O)[O-])c3)c(=O)n2[C@@H]1c1ccc(OC)cc1. The molecule has 2 heterocycles. The zero-order chi connectivity index (χ0) is 31.5. The van der Waals surface area contributed by atoms with Crippen LogP contribution in [-0.2, 0) is 9.53 Å². The highest BCUT2D eigenvalue weighted by Gasteiger charge is 2.33. The lowest BCUT2D eigenvalue weighted by Gasteiger charge is -2.24. The molecular formula is C30H24N4O9S. The monoisotopic (exact) mass is 616 g/mol. The molecule has 224 valence electrons. The van der Waals surface area contributed by atoms with Crippen LogP contribution in [0.4, 0.5) is 11.4 Å². The Morgan fingerprint density at radius 1 is 1.05 bits per heavy atom. The molecule has 0 bridgehead atoms. The number of esters is 1. The van der Waals surface area contributed by atoms with Crippen molar-refractivity contribution in [2.45, 2.75) is 19.9 Å². The second-order valence-electron chi connectivity index (χ2n) is 9.42. The van der Waals surface area contributed by atoms with Crippen LogP contribution in [0.3, 0.4) is 0 Å². The van der Waals surface area contributed by atoms with E-state index in [-0.39, 0.29) is 29.2 Å². The average Bonchev–Trinajstić information content (AvgIpc) is 3.30. The summed E-state index contributed by atoms with van der Waals surface area (Å²) in [5, 5.41) is 22.6. The summed E-state index contributed by atoms with van der Waals surface area (Å²) in [4.78, 5) is 53.0. The predicted octanol–water partition coefficient (Wildman–Crippen LogP) is 4.42. The van der Waals surface area contributed by atoms with E-state index in [0.29, 0.717) is 31.9 Å². The Kier molecular flexibility index (Phi) is 8.35. The van der Waals surface area contributed by atoms with Crippen molar-refractivity contribution in [3.8, 4) is 17.2 Å². The number of hydrogen-bond acceptors (Lipinski definition) is 11. The number of non-ortho nitro benzene ring substituents is 1. The lowest BCUT2D eigenvalue weighted by molar-refractivity contribution is -0.394. The maximum absolute atomic E-state index is 13.9. The fourth-order valence-corrected chi connectivity index (χ4v) is 5.73. The Morgan fingerprint density at radius 2 is 1.80 bits per heavy atom. The number of methoxy groups -OCH3 is 1. The number of thiazole rings is 1. The highest BCUT2D eigenvalue weighted by Crippen LogP contribution is 2.35. The van der Waals surface area contributed by atoms with Gasteiger partial charge in [-0.1, -0.05) is 35.6 Å². The predicted molar refractivity (Wildman–Crippen MR) is 160 cm³/mol. The molecule has 0 N–H and O–H groups in total. The van der Waals surface area contributed by atoms with Gasteiger partial charge in [0, 0.05) is 6.07 Å². The minimum Gasteiger partial charge on any atom is -0.497 e. The average molecular weight is 617 g/mol. The summed E-state index contributed by atoms with van der Waals surface area (Å²) in [5.41, 5.74) is 0.483. The third-order valence-corrected chi connectivity index (χ3v) is 7.67. The second-order valence-corrected chi connectivity index (χ2v) is 10.4. The Labute approximate surface area is 252 Å². The van der Waals surface area contributed by atoms with Gasteiger partial charge in [0.2, 0.25) is 5.75 Å². The van der Waals surface area contributed by atoms with Crippen molar-refractivity contribution >= 4 is 34.8 Å². The number of allylic oxidation sites excluding steroid dienone is 1. The molecule has 1 atom stereocenters. The summed E-state index contributed by atoms with van der Waals surface area (Å²) in [7, 11) is 1.54. The zero-order valence-electron chi connectivity index (χ0n) is 23.6. The molecule has 0 saturated heterocycles. The van der Waals surface area contributed by atoms with Gasteiger partial charge < -0.3 is 14.2 Å². The smallest absolute Gasteiger partial charge is 0.338 e. The van der Waals surface area contributed by atoms with E-state index in [1.54, 1.807) is 75.6 Å². The lowest BCUT2D eigenvalue weighted by Crippen LogP contribution is -2.39. The van der Waals surface area contributed by atoms with Crippen LogP contribution in [0.5, 0.6) is 17.2 Å². The van der Waals surface area contributed by atoms with Crippen LogP contribution in [-0.4, -0.2) is 34.1 Å². The van der Waals surface area contributed by atoms with E-state index in [1.165, 1.54) is 4.57 Å². The Balaban J connectivity index is 1.57. The maximum Gasteiger partial charge on any atom is 0.338 e. The number of benzene rings is 3. The normalized spacial score (nSPS) is 14.4. The van der Waals surface area contributed by atoms with Gasteiger partial charge in [0.15, 0.2) is 4.80 Å². The van der Waals surface area contributed by atoms with Crippen LogP contribution in [0.2, 0.25) is 0 Å². The van der Waals surface area contributed by atoms with Crippen molar-refractivity contribution in [3.63, 3.8) is 0 Å². The molecule has 0 amide bonds. The first kappa shape index (κ1) is 29.8. The summed E-state index contributed by atoms with van der Waals surface area (Å²) in [5.74, 6) is 0.0633. The molecule has 0 aliphatic carbocycles. The molecule has 0 saturated carbocycles. The summed E-state index contributed by atoms with van der Waals surface area (Å²) < 4.78 is 18.1. The second kappa shape index (κ2) is 12.3. The van der Waals surface area contributed by atoms with E-state index in [4.69, 9.17) is 14.2 Å². The topological polar surface area (TPSA) is 165 Å². The fraction of sp³-hybridized carbons (Fsp3) is 0.167. The molecule has 0 unspecified atom stereocenters. The highest BCUT2D eigenvalue weighted by molar-refractivity contribution is 7.07. The molecule has 1 aliphatic heterocycles. The van der Waals surface area contributed by atoms with E-state index in [9.17, 15) is 29.8 Å². The van der Waals surface area contributed by atoms with Crippen LogP contribution in [0.1, 0.15) is 31.0 Å². The maximum atomic E-state index is 13.9. The number of rotatable bonds is 9. The van der Waals surface area contributed by atoms with Crippen molar-refractivity contribution in [2.75, 3.05) is 13.7 Å². The van der Waals surface area contributed by atoms with Gasteiger partial charge in [-0.25, -0.2) is 9.79 Å². The molecule has 4 aromatic rings. The number of nitro groups is 2.